The Bertz CT molecular complexity index is 575. The molecule has 1 aromatic heterocycles. The Hall–Kier alpha value is -1.43. The van der Waals surface area contributed by atoms with Gasteiger partial charge < -0.3 is 10.2 Å². The maximum Gasteiger partial charge on any atom is 0.243 e. The molecule has 2 heterocycles. The van der Waals surface area contributed by atoms with Gasteiger partial charge in [-0.3, -0.25) is 9.59 Å². The van der Waals surface area contributed by atoms with E-state index in [-0.39, 0.29) is 29.2 Å². The Morgan fingerprint density at radius 1 is 1.43 bits per heavy atom. The standard InChI is InChI=1S/C17H27N3O2S/c1-11(2)15(20-8-6-7-14(20)21)16(22)18-9-13-19-12(10-23-13)17(3,4)5/h10-11,15H,6-9H2,1-5H3,(H,18,22). The largest absolute Gasteiger partial charge is 0.348 e. The van der Waals surface area contributed by atoms with Crippen LogP contribution in [0.3, 0.4) is 0 Å². The van der Waals surface area contributed by atoms with Crippen molar-refractivity contribution in [1.29, 1.82) is 0 Å². The topological polar surface area (TPSA) is 62.3 Å². The molecular weight excluding hydrogens is 310 g/mol. The van der Waals surface area contributed by atoms with Crippen LogP contribution in [0, 0.1) is 5.92 Å². The SMILES string of the molecule is CC(C)C(C(=O)NCc1nc(C(C)(C)C)cs1)N1CCCC1=O. The summed E-state index contributed by atoms with van der Waals surface area (Å²) in [4.78, 5) is 30.8. The normalized spacial score (nSPS) is 17.0. The molecule has 0 radical (unpaired) electrons. The van der Waals surface area contributed by atoms with Crippen LogP contribution in [0.5, 0.6) is 0 Å². The minimum Gasteiger partial charge on any atom is -0.348 e. The second-order valence-electron chi connectivity index (χ2n) is 7.47. The minimum atomic E-state index is -0.382. The van der Waals surface area contributed by atoms with Crippen LogP contribution < -0.4 is 5.32 Å². The highest BCUT2D eigenvalue weighted by molar-refractivity contribution is 7.09. The van der Waals surface area contributed by atoms with E-state index in [9.17, 15) is 9.59 Å². The molecule has 0 bridgehead atoms. The molecule has 2 amide bonds. The summed E-state index contributed by atoms with van der Waals surface area (Å²) in [5.41, 5.74) is 1.06. The molecule has 0 aromatic carbocycles. The fourth-order valence-corrected chi connectivity index (χ4v) is 3.73. The van der Waals surface area contributed by atoms with Crippen molar-refractivity contribution in [1.82, 2.24) is 15.2 Å². The summed E-state index contributed by atoms with van der Waals surface area (Å²) in [6, 6.07) is -0.382. The Balaban J connectivity index is 1.99. The van der Waals surface area contributed by atoms with Crippen LogP contribution >= 0.6 is 11.3 Å². The van der Waals surface area contributed by atoms with Crippen LogP contribution in [0.25, 0.3) is 0 Å². The zero-order valence-electron chi connectivity index (χ0n) is 14.7. The molecule has 1 unspecified atom stereocenters. The van der Waals surface area contributed by atoms with Crippen molar-refractivity contribution in [2.24, 2.45) is 5.92 Å². The van der Waals surface area contributed by atoms with Gasteiger partial charge in [0.2, 0.25) is 11.8 Å². The summed E-state index contributed by atoms with van der Waals surface area (Å²) in [7, 11) is 0. The number of hydrogen-bond acceptors (Lipinski definition) is 4. The summed E-state index contributed by atoms with van der Waals surface area (Å²) < 4.78 is 0. The van der Waals surface area contributed by atoms with Crippen molar-refractivity contribution in [3.05, 3.63) is 16.1 Å². The summed E-state index contributed by atoms with van der Waals surface area (Å²) in [6.07, 6.45) is 1.40. The lowest BCUT2D eigenvalue weighted by Crippen LogP contribution is -2.50. The monoisotopic (exact) mass is 337 g/mol. The van der Waals surface area contributed by atoms with E-state index in [0.29, 0.717) is 19.5 Å². The van der Waals surface area contributed by atoms with Gasteiger partial charge in [-0.2, -0.15) is 0 Å². The Kier molecular flexibility index (Phi) is 5.45. The van der Waals surface area contributed by atoms with Crippen molar-refractivity contribution in [2.75, 3.05) is 6.54 Å². The summed E-state index contributed by atoms with van der Waals surface area (Å²) in [5, 5.41) is 5.91. The van der Waals surface area contributed by atoms with Crippen molar-refractivity contribution >= 4 is 23.2 Å². The van der Waals surface area contributed by atoms with E-state index in [1.807, 2.05) is 19.2 Å². The molecule has 6 heteroatoms. The summed E-state index contributed by atoms with van der Waals surface area (Å²) in [6.45, 7) is 11.4. The van der Waals surface area contributed by atoms with Gasteiger partial charge in [0.25, 0.3) is 0 Å². The fourth-order valence-electron chi connectivity index (χ4n) is 2.77. The van der Waals surface area contributed by atoms with Gasteiger partial charge in [0, 0.05) is 23.8 Å². The zero-order valence-corrected chi connectivity index (χ0v) is 15.5. The van der Waals surface area contributed by atoms with Crippen LogP contribution in [-0.2, 0) is 21.5 Å². The summed E-state index contributed by atoms with van der Waals surface area (Å²) >= 11 is 1.56. The van der Waals surface area contributed by atoms with Gasteiger partial charge >= 0.3 is 0 Å². The highest BCUT2D eigenvalue weighted by atomic mass is 32.1. The second-order valence-corrected chi connectivity index (χ2v) is 8.42. The number of nitrogens with one attached hydrogen (secondary N) is 1. The number of carbonyl (C=O) groups excluding carboxylic acids is 2. The predicted octanol–water partition coefficient (Wildman–Crippen LogP) is 2.70. The van der Waals surface area contributed by atoms with Crippen molar-refractivity contribution in [2.45, 2.75) is 65.5 Å². The van der Waals surface area contributed by atoms with Crippen LogP contribution in [0.4, 0.5) is 0 Å². The number of nitrogens with zero attached hydrogens (tertiary/aromatic N) is 2. The zero-order chi connectivity index (χ0) is 17.2. The lowest BCUT2D eigenvalue weighted by Gasteiger charge is -2.29. The van der Waals surface area contributed by atoms with Crippen molar-refractivity contribution in [3.63, 3.8) is 0 Å². The molecule has 2 rings (SSSR count). The van der Waals surface area contributed by atoms with Gasteiger partial charge in [0.05, 0.1) is 12.2 Å². The average molecular weight is 337 g/mol. The molecule has 1 atom stereocenters. The third-order valence-corrected chi connectivity index (χ3v) is 4.93. The third kappa shape index (κ3) is 4.31. The minimum absolute atomic E-state index is 0.0151. The Morgan fingerprint density at radius 3 is 2.61 bits per heavy atom. The number of carbonyl (C=O) groups is 2. The second kappa shape index (κ2) is 6.99. The van der Waals surface area contributed by atoms with Crippen LogP contribution in [0.2, 0.25) is 0 Å². The van der Waals surface area contributed by atoms with E-state index in [0.717, 1.165) is 17.1 Å². The predicted molar refractivity (Wildman–Crippen MR) is 92.2 cm³/mol. The van der Waals surface area contributed by atoms with Gasteiger partial charge in [-0.1, -0.05) is 34.6 Å². The first kappa shape index (κ1) is 17.9. The third-order valence-electron chi connectivity index (χ3n) is 4.08. The lowest BCUT2D eigenvalue weighted by atomic mass is 9.93. The first-order chi connectivity index (χ1) is 10.7. The van der Waals surface area contributed by atoms with Crippen molar-refractivity contribution in [3.8, 4) is 0 Å². The van der Waals surface area contributed by atoms with E-state index in [1.165, 1.54) is 0 Å². The molecule has 128 valence electrons. The smallest absolute Gasteiger partial charge is 0.243 e. The van der Waals surface area contributed by atoms with E-state index in [4.69, 9.17) is 0 Å². The number of aromatic nitrogens is 1. The molecule has 1 aromatic rings. The molecular formula is C17H27N3O2S. The molecule has 5 nitrogen and oxygen atoms in total. The Morgan fingerprint density at radius 2 is 2.13 bits per heavy atom. The molecule has 0 spiro atoms. The van der Waals surface area contributed by atoms with Gasteiger partial charge in [0.15, 0.2) is 0 Å². The van der Waals surface area contributed by atoms with E-state index in [1.54, 1.807) is 16.2 Å². The van der Waals surface area contributed by atoms with E-state index in [2.05, 4.69) is 31.1 Å². The van der Waals surface area contributed by atoms with Crippen LogP contribution in [0.1, 0.15) is 58.2 Å². The van der Waals surface area contributed by atoms with Gasteiger partial charge in [-0.15, -0.1) is 11.3 Å². The first-order valence-corrected chi connectivity index (χ1v) is 9.10. The molecule has 1 saturated heterocycles. The average Bonchev–Trinajstić information content (AvgIpc) is 3.06. The van der Waals surface area contributed by atoms with Crippen molar-refractivity contribution < 1.29 is 9.59 Å². The Labute approximate surface area is 142 Å². The number of rotatable bonds is 5. The molecule has 1 aliphatic rings. The highest BCUT2D eigenvalue weighted by Crippen LogP contribution is 2.24. The van der Waals surface area contributed by atoms with Gasteiger partial charge in [0.1, 0.15) is 11.0 Å². The van der Waals surface area contributed by atoms with Gasteiger partial charge in [-0.05, 0) is 12.3 Å². The molecule has 1 fully saturated rings. The number of amides is 2. The first-order valence-electron chi connectivity index (χ1n) is 8.22. The number of hydrogen-bond donors (Lipinski definition) is 1. The lowest BCUT2D eigenvalue weighted by molar-refractivity contribution is -0.139. The van der Waals surface area contributed by atoms with Crippen LogP contribution in [-0.4, -0.2) is 34.3 Å². The highest BCUT2D eigenvalue weighted by Gasteiger charge is 2.34. The van der Waals surface area contributed by atoms with E-state index >= 15 is 0 Å². The molecule has 0 aliphatic carbocycles. The number of likely N-dealkylation sites (tertiary alicyclic amines) is 1. The maximum atomic E-state index is 12.6. The fraction of sp³-hybridized carbons (Fsp3) is 0.706. The van der Waals surface area contributed by atoms with E-state index < -0.39 is 0 Å². The maximum absolute atomic E-state index is 12.6. The summed E-state index contributed by atoms with van der Waals surface area (Å²) in [5.74, 6) is 0.101. The molecule has 1 N–H and O–H groups in total. The quantitative estimate of drug-likeness (QED) is 0.898. The number of thiazole rings is 1. The van der Waals surface area contributed by atoms with Gasteiger partial charge in [-0.25, -0.2) is 4.98 Å². The van der Waals surface area contributed by atoms with Crippen LogP contribution in [0.15, 0.2) is 5.38 Å². The molecule has 0 saturated carbocycles. The molecule has 23 heavy (non-hydrogen) atoms. The molecule has 1 aliphatic heterocycles.